The predicted molar refractivity (Wildman–Crippen MR) is 107 cm³/mol. The number of nitrogens with zero attached hydrogens (tertiary/aromatic N) is 2. The van der Waals surface area contributed by atoms with Crippen molar-refractivity contribution in [3.63, 3.8) is 0 Å². The highest BCUT2D eigenvalue weighted by atomic mass is 79.9. The molecule has 5 heteroatoms. The summed E-state index contributed by atoms with van der Waals surface area (Å²) >= 11 is 6.98. The molecule has 0 aromatic heterocycles. The summed E-state index contributed by atoms with van der Waals surface area (Å²) < 4.78 is 8.01. The van der Waals surface area contributed by atoms with Crippen molar-refractivity contribution in [2.45, 2.75) is 32.7 Å². The first kappa shape index (κ1) is 17.5. The summed E-state index contributed by atoms with van der Waals surface area (Å²) in [5.41, 5.74) is 3.16. The van der Waals surface area contributed by atoms with Crippen molar-refractivity contribution in [2.24, 2.45) is 4.99 Å². The van der Waals surface area contributed by atoms with E-state index in [0.717, 1.165) is 37.3 Å². The number of halogens is 2. The van der Waals surface area contributed by atoms with E-state index in [1.807, 2.05) is 37.5 Å². The number of rotatable bonds is 5. The van der Waals surface area contributed by atoms with Gasteiger partial charge < -0.3 is 9.64 Å². The van der Waals surface area contributed by atoms with E-state index in [9.17, 15) is 0 Å². The molecule has 2 aromatic carbocycles. The number of hydrogen-bond acceptors (Lipinski definition) is 2. The van der Waals surface area contributed by atoms with Crippen molar-refractivity contribution < 1.29 is 4.74 Å². The zero-order valence-corrected chi connectivity index (χ0v) is 17.2. The molecule has 0 radical (unpaired) electrons. The van der Waals surface area contributed by atoms with E-state index in [-0.39, 0.29) is 0 Å². The van der Waals surface area contributed by atoms with Crippen molar-refractivity contribution in [1.82, 2.24) is 4.90 Å². The van der Waals surface area contributed by atoms with Crippen LogP contribution in [0.15, 0.2) is 44.3 Å². The number of benzene rings is 2. The van der Waals surface area contributed by atoms with Crippen molar-refractivity contribution in [3.05, 3.63) is 50.4 Å². The van der Waals surface area contributed by atoms with Gasteiger partial charge in [0.05, 0.1) is 12.0 Å². The lowest BCUT2D eigenvalue weighted by molar-refractivity contribution is 0.478. The van der Waals surface area contributed by atoms with Crippen LogP contribution in [0, 0.1) is 13.8 Å². The van der Waals surface area contributed by atoms with Gasteiger partial charge in [-0.3, -0.25) is 0 Å². The lowest BCUT2D eigenvalue weighted by Gasteiger charge is -2.14. The van der Waals surface area contributed by atoms with Crippen molar-refractivity contribution in [2.75, 3.05) is 7.05 Å². The van der Waals surface area contributed by atoms with Crippen LogP contribution < -0.4 is 4.74 Å². The normalized spacial score (nSPS) is 14.2. The molecule has 1 aliphatic rings. The first-order valence-electron chi connectivity index (χ1n) is 7.93. The Labute approximate surface area is 160 Å². The average Bonchev–Trinajstić information content (AvgIpc) is 3.32. The average molecular weight is 452 g/mol. The third-order valence-electron chi connectivity index (χ3n) is 4.06. The van der Waals surface area contributed by atoms with E-state index >= 15 is 0 Å². The fraction of sp³-hybridized carbons (Fsp3) is 0.316. The highest BCUT2D eigenvalue weighted by Gasteiger charge is 2.24. The molecular formula is C19H20Br2N2O. The van der Waals surface area contributed by atoms with E-state index < -0.39 is 0 Å². The van der Waals surface area contributed by atoms with E-state index in [4.69, 9.17) is 4.74 Å². The summed E-state index contributed by atoms with van der Waals surface area (Å²) in [7, 11) is 2.09. The first-order chi connectivity index (χ1) is 11.4. The SMILES string of the molecule is Cc1cc(Oc2cc(Br)cc(Br)c2)c(C)cc1N=CN(C)C1CC1. The summed E-state index contributed by atoms with van der Waals surface area (Å²) in [6.45, 7) is 4.11. The molecule has 3 rings (SSSR count). The molecule has 1 fully saturated rings. The molecule has 126 valence electrons. The van der Waals surface area contributed by atoms with E-state index in [0.29, 0.717) is 6.04 Å². The standard InChI is InChI=1S/C19H20Br2N2O/c1-12-7-19(24-17-9-14(20)8-15(21)10-17)13(2)6-18(12)22-11-23(3)16-4-5-16/h6-11,16H,4-5H2,1-3H3. The summed E-state index contributed by atoms with van der Waals surface area (Å²) in [4.78, 5) is 6.83. The lowest BCUT2D eigenvalue weighted by Crippen LogP contribution is -2.17. The fourth-order valence-electron chi connectivity index (χ4n) is 2.47. The largest absolute Gasteiger partial charge is 0.457 e. The van der Waals surface area contributed by atoms with Gasteiger partial charge in [0, 0.05) is 22.0 Å². The van der Waals surface area contributed by atoms with Gasteiger partial charge in [0.1, 0.15) is 11.5 Å². The lowest BCUT2D eigenvalue weighted by atomic mass is 10.1. The Morgan fingerprint density at radius 3 is 2.33 bits per heavy atom. The number of ether oxygens (including phenoxy) is 1. The van der Waals surface area contributed by atoms with Crippen LogP contribution in [0.3, 0.4) is 0 Å². The van der Waals surface area contributed by atoms with Crippen molar-refractivity contribution in [3.8, 4) is 11.5 Å². The molecule has 1 aliphatic carbocycles. The van der Waals surface area contributed by atoms with Crippen LogP contribution in [0.5, 0.6) is 11.5 Å². The topological polar surface area (TPSA) is 24.8 Å². The maximum atomic E-state index is 6.06. The summed E-state index contributed by atoms with van der Waals surface area (Å²) in [5, 5.41) is 0. The molecular weight excluding hydrogens is 432 g/mol. The minimum Gasteiger partial charge on any atom is -0.457 e. The highest BCUT2D eigenvalue weighted by molar-refractivity contribution is 9.11. The van der Waals surface area contributed by atoms with Crippen molar-refractivity contribution in [1.29, 1.82) is 0 Å². The van der Waals surface area contributed by atoms with Gasteiger partial charge in [-0.05, 0) is 68.1 Å². The minimum atomic E-state index is 0.674. The van der Waals surface area contributed by atoms with Gasteiger partial charge in [0.25, 0.3) is 0 Å². The molecule has 0 unspecified atom stereocenters. The second kappa shape index (κ2) is 7.28. The van der Waals surface area contributed by atoms with Crippen LogP contribution in [0.1, 0.15) is 24.0 Å². The molecule has 1 saturated carbocycles. The Bertz CT molecular complexity index is 765. The van der Waals surface area contributed by atoms with Gasteiger partial charge in [-0.1, -0.05) is 31.9 Å². The van der Waals surface area contributed by atoms with Gasteiger partial charge in [-0.25, -0.2) is 4.99 Å². The second-order valence-corrected chi connectivity index (χ2v) is 8.08. The summed E-state index contributed by atoms with van der Waals surface area (Å²) in [6.07, 6.45) is 4.48. The molecule has 0 bridgehead atoms. The maximum Gasteiger partial charge on any atom is 0.130 e. The van der Waals surface area contributed by atoms with Crippen LogP contribution in [0.2, 0.25) is 0 Å². The smallest absolute Gasteiger partial charge is 0.130 e. The molecule has 0 spiro atoms. The van der Waals surface area contributed by atoms with Crippen molar-refractivity contribution >= 4 is 43.9 Å². The van der Waals surface area contributed by atoms with Gasteiger partial charge in [-0.2, -0.15) is 0 Å². The highest BCUT2D eigenvalue weighted by Crippen LogP contribution is 2.34. The van der Waals surface area contributed by atoms with Gasteiger partial charge in [0.15, 0.2) is 0 Å². The molecule has 0 aliphatic heterocycles. The third kappa shape index (κ3) is 4.39. The Hall–Kier alpha value is -1.33. The van der Waals surface area contributed by atoms with E-state index in [1.54, 1.807) is 0 Å². The summed E-state index contributed by atoms with van der Waals surface area (Å²) in [6, 6.07) is 10.7. The third-order valence-corrected chi connectivity index (χ3v) is 4.97. The molecule has 0 amide bonds. The van der Waals surface area contributed by atoms with Crippen LogP contribution in [-0.4, -0.2) is 24.3 Å². The van der Waals surface area contributed by atoms with Gasteiger partial charge in [-0.15, -0.1) is 0 Å². The van der Waals surface area contributed by atoms with Crippen LogP contribution in [0.25, 0.3) is 0 Å². The van der Waals surface area contributed by atoms with Crippen LogP contribution in [-0.2, 0) is 0 Å². The maximum absolute atomic E-state index is 6.06. The second-order valence-electron chi connectivity index (χ2n) is 6.25. The minimum absolute atomic E-state index is 0.674. The fourth-order valence-corrected chi connectivity index (χ4v) is 3.72. The zero-order valence-electron chi connectivity index (χ0n) is 14.0. The van der Waals surface area contributed by atoms with Gasteiger partial charge in [0.2, 0.25) is 0 Å². The Kier molecular flexibility index (Phi) is 5.30. The Balaban J connectivity index is 1.81. The Morgan fingerprint density at radius 1 is 1.04 bits per heavy atom. The number of aryl methyl sites for hydroxylation is 2. The zero-order chi connectivity index (χ0) is 17.3. The number of aliphatic imine (C=N–C) groups is 1. The molecule has 0 N–H and O–H groups in total. The molecule has 0 heterocycles. The number of hydrogen-bond donors (Lipinski definition) is 0. The van der Waals surface area contributed by atoms with E-state index in [1.165, 1.54) is 12.8 Å². The molecule has 0 atom stereocenters. The molecule has 24 heavy (non-hydrogen) atoms. The quantitative estimate of drug-likeness (QED) is 0.389. The predicted octanol–water partition coefficient (Wildman–Crippen LogP) is 6.37. The van der Waals surface area contributed by atoms with E-state index in [2.05, 4.69) is 61.8 Å². The van der Waals surface area contributed by atoms with Gasteiger partial charge >= 0.3 is 0 Å². The molecule has 0 saturated heterocycles. The summed E-state index contributed by atoms with van der Waals surface area (Å²) in [5.74, 6) is 1.65. The van der Waals surface area contributed by atoms with Crippen LogP contribution in [0.4, 0.5) is 5.69 Å². The Morgan fingerprint density at radius 2 is 1.71 bits per heavy atom. The first-order valence-corrected chi connectivity index (χ1v) is 9.52. The molecule has 3 nitrogen and oxygen atoms in total. The molecule has 2 aromatic rings. The monoisotopic (exact) mass is 450 g/mol. The van der Waals surface area contributed by atoms with Crippen LogP contribution >= 0.6 is 31.9 Å².